The van der Waals surface area contributed by atoms with Gasteiger partial charge in [0.1, 0.15) is 0 Å². The minimum absolute atomic E-state index is 0.432. The first-order chi connectivity index (χ1) is 9.81. The maximum atomic E-state index is 5.09. The average molecular weight is 290 g/mol. The normalized spacial score (nSPS) is 17.2. The lowest BCUT2D eigenvalue weighted by Gasteiger charge is -2.41. The molecule has 1 saturated carbocycles. The molecule has 1 aliphatic carbocycles. The van der Waals surface area contributed by atoms with E-state index in [9.17, 15) is 0 Å². The van der Waals surface area contributed by atoms with Crippen molar-refractivity contribution in [3.8, 4) is 0 Å². The highest BCUT2D eigenvalue weighted by atomic mass is 32.1. The summed E-state index contributed by atoms with van der Waals surface area (Å²) < 4.78 is 6.40. The van der Waals surface area contributed by atoms with Crippen molar-refractivity contribution < 1.29 is 4.74 Å². The molecular weight excluding hydrogens is 268 g/mol. The summed E-state index contributed by atoms with van der Waals surface area (Å²) in [6.45, 7) is 2.82. The van der Waals surface area contributed by atoms with Gasteiger partial charge in [-0.25, -0.2) is 4.98 Å². The summed E-state index contributed by atoms with van der Waals surface area (Å²) in [5.41, 5.74) is 1.58. The van der Waals surface area contributed by atoms with E-state index in [1.54, 1.807) is 7.11 Å². The molecule has 0 amide bonds. The molecule has 1 aromatic heterocycles. The highest BCUT2D eigenvalue weighted by Crippen LogP contribution is 2.44. The van der Waals surface area contributed by atoms with E-state index >= 15 is 0 Å². The molecule has 0 bridgehead atoms. The number of hydrogen-bond donors (Lipinski definition) is 1. The van der Waals surface area contributed by atoms with Gasteiger partial charge in [-0.2, -0.15) is 0 Å². The Kier molecular flexibility index (Phi) is 4.34. The van der Waals surface area contributed by atoms with Gasteiger partial charge in [0.15, 0.2) is 0 Å². The first-order valence-electron chi connectivity index (χ1n) is 7.35. The van der Waals surface area contributed by atoms with Gasteiger partial charge in [0.2, 0.25) is 0 Å². The molecule has 3 rings (SSSR count). The van der Waals surface area contributed by atoms with Crippen LogP contribution in [0, 0.1) is 5.41 Å². The van der Waals surface area contributed by atoms with E-state index in [1.807, 2.05) is 11.3 Å². The van der Waals surface area contributed by atoms with Crippen LogP contribution < -0.4 is 5.32 Å². The van der Waals surface area contributed by atoms with Crippen LogP contribution in [0.25, 0.3) is 10.2 Å². The highest BCUT2D eigenvalue weighted by Gasteiger charge is 2.37. The van der Waals surface area contributed by atoms with Crippen LogP contribution in [0.15, 0.2) is 24.3 Å². The van der Waals surface area contributed by atoms with E-state index in [1.165, 1.54) is 29.0 Å². The number of nitrogens with one attached hydrogen (secondary N) is 1. The van der Waals surface area contributed by atoms with Crippen LogP contribution in [0.5, 0.6) is 0 Å². The molecule has 1 aliphatic rings. The van der Waals surface area contributed by atoms with Crippen LogP contribution >= 0.6 is 11.3 Å². The molecular formula is C16H22N2OS. The fraction of sp³-hybridized carbons (Fsp3) is 0.562. The number of ether oxygens (including phenoxy) is 1. The Bertz CT molecular complexity index is 529. The maximum absolute atomic E-state index is 5.09. The first kappa shape index (κ1) is 14.0. The van der Waals surface area contributed by atoms with Crippen molar-refractivity contribution in [2.24, 2.45) is 5.41 Å². The molecule has 0 radical (unpaired) electrons. The molecule has 20 heavy (non-hydrogen) atoms. The van der Waals surface area contributed by atoms with E-state index in [-0.39, 0.29) is 0 Å². The van der Waals surface area contributed by atoms with Gasteiger partial charge < -0.3 is 10.1 Å². The SMILES string of the molecule is COCCNCC1(Cc2nc3ccccc3s2)CCC1. The van der Waals surface area contributed by atoms with Crippen molar-refractivity contribution in [2.75, 3.05) is 26.8 Å². The quantitative estimate of drug-likeness (QED) is 0.795. The van der Waals surface area contributed by atoms with Crippen LogP contribution in [-0.2, 0) is 11.2 Å². The summed E-state index contributed by atoms with van der Waals surface area (Å²) in [7, 11) is 1.75. The number of fused-ring (bicyclic) bond motifs is 1. The third-order valence-corrected chi connectivity index (χ3v) is 5.30. The average Bonchev–Trinajstić information content (AvgIpc) is 2.82. The monoisotopic (exact) mass is 290 g/mol. The zero-order valence-corrected chi connectivity index (χ0v) is 12.8. The van der Waals surface area contributed by atoms with E-state index in [0.717, 1.165) is 31.6 Å². The number of nitrogens with zero attached hydrogens (tertiary/aromatic N) is 1. The van der Waals surface area contributed by atoms with Crippen molar-refractivity contribution in [1.82, 2.24) is 10.3 Å². The summed E-state index contributed by atoms with van der Waals surface area (Å²) in [5.74, 6) is 0. The third kappa shape index (κ3) is 3.03. The minimum atomic E-state index is 0.432. The van der Waals surface area contributed by atoms with Crippen LogP contribution in [0.3, 0.4) is 0 Å². The fourth-order valence-corrected chi connectivity index (χ4v) is 4.08. The predicted octanol–water partition coefficient (Wildman–Crippen LogP) is 3.25. The molecule has 1 heterocycles. The number of rotatable bonds is 7. The molecule has 0 spiro atoms. The number of thiazole rings is 1. The van der Waals surface area contributed by atoms with Gasteiger partial charge in [0, 0.05) is 26.6 Å². The van der Waals surface area contributed by atoms with Gasteiger partial charge in [0.05, 0.1) is 21.8 Å². The Morgan fingerprint density at radius 2 is 2.20 bits per heavy atom. The summed E-state index contributed by atoms with van der Waals surface area (Å²) >= 11 is 1.85. The summed E-state index contributed by atoms with van der Waals surface area (Å²) in [6.07, 6.45) is 5.12. The molecule has 1 N–H and O–H groups in total. The highest BCUT2D eigenvalue weighted by molar-refractivity contribution is 7.18. The molecule has 0 atom stereocenters. The van der Waals surface area contributed by atoms with E-state index in [2.05, 4.69) is 29.6 Å². The number of para-hydroxylation sites is 1. The molecule has 0 aliphatic heterocycles. The van der Waals surface area contributed by atoms with E-state index in [4.69, 9.17) is 9.72 Å². The largest absolute Gasteiger partial charge is 0.383 e. The van der Waals surface area contributed by atoms with Gasteiger partial charge >= 0.3 is 0 Å². The lowest BCUT2D eigenvalue weighted by Crippen LogP contribution is -2.42. The number of hydrogen-bond acceptors (Lipinski definition) is 4. The van der Waals surface area contributed by atoms with Crippen LogP contribution in [0.2, 0.25) is 0 Å². The molecule has 3 nitrogen and oxygen atoms in total. The zero-order valence-electron chi connectivity index (χ0n) is 12.0. The van der Waals surface area contributed by atoms with Crippen molar-refractivity contribution in [3.63, 3.8) is 0 Å². The number of benzene rings is 1. The van der Waals surface area contributed by atoms with Gasteiger partial charge in [-0.1, -0.05) is 18.6 Å². The molecule has 1 fully saturated rings. The van der Waals surface area contributed by atoms with E-state index in [0.29, 0.717) is 5.41 Å². The second kappa shape index (κ2) is 6.20. The number of methoxy groups -OCH3 is 1. The van der Waals surface area contributed by atoms with Crippen molar-refractivity contribution >= 4 is 21.6 Å². The van der Waals surface area contributed by atoms with E-state index < -0.39 is 0 Å². The minimum Gasteiger partial charge on any atom is -0.383 e. The lowest BCUT2D eigenvalue weighted by molar-refractivity contribution is 0.123. The van der Waals surface area contributed by atoms with Gasteiger partial charge in [0.25, 0.3) is 0 Å². The van der Waals surface area contributed by atoms with Crippen molar-refractivity contribution in [3.05, 3.63) is 29.3 Å². The Hall–Kier alpha value is -0.970. The maximum Gasteiger partial charge on any atom is 0.0944 e. The lowest BCUT2D eigenvalue weighted by atomic mass is 9.66. The van der Waals surface area contributed by atoms with Crippen LogP contribution in [-0.4, -0.2) is 31.8 Å². The Balaban J connectivity index is 1.64. The number of aromatic nitrogens is 1. The molecule has 2 aromatic rings. The Morgan fingerprint density at radius 1 is 1.35 bits per heavy atom. The van der Waals surface area contributed by atoms with Gasteiger partial charge in [-0.3, -0.25) is 0 Å². The zero-order chi connectivity index (χ0) is 13.8. The van der Waals surface area contributed by atoms with Crippen LogP contribution in [0.4, 0.5) is 0 Å². The standard InChI is InChI=1S/C16H22N2OS/c1-19-10-9-17-12-16(7-4-8-16)11-15-18-13-5-2-3-6-14(13)20-15/h2-3,5-6,17H,4,7-12H2,1H3. The van der Waals surface area contributed by atoms with Gasteiger partial charge in [-0.15, -0.1) is 11.3 Å². The molecule has 1 aromatic carbocycles. The smallest absolute Gasteiger partial charge is 0.0944 e. The third-order valence-electron chi connectivity index (χ3n) is 4.26. The topological polar surface area (TPSA) is 34.1 Å². The second-order valence-corrected chi connectivity index (χ2v) is 6.89. The Morgan fingerprint density at radius 3 is 2.90 bits per heavy atom. The molecule has 108 valence electrons. The van der Waals surface area contributed by atoms with Gasteiger partial charge in [-0.05, 0) is 30.4 Å². The Labute approximate surface area is 124 Å². The first-order valence-corrected chi connectivity index (χ1v) is 8.17. The van der Waals surface area contributed by atoms with Crippen LogP contribution in [0.1, 0.15) is 24.3 Å². The molecule has 0 unspecified atom stereocenters. The van der Waals surface area contributed by atoms with Crippen molar-refractivity contribution in [2.45, 2.75) is 25.7 Å². The van der Waals surface area contributed by atoms with Crippen molar-refractivity contribution in [1.29, 1.82) is 0 Å². The predicted molar refractivity (Wildman–Crippen MR) is 84.4 cm³/mol. The molecule has 4 heteroatoms. The fourth-order valence-electron chi connectivity index (χ4n) is 2.94. The second-order valence-electron chi connectivity index (χ2n) is 5.78. The molecule has 0 saturated heterocycles. The summed E-state index contributed by atoms with van der Waals surface area (Å²) in [5, 5.41) is 4.83. The summed E-state index contributed by atoms with van der Waals surface area (Å²) in [6, 6.07) is 8.44. The summed E-state index contributed by atoms with van der Waals surface area (Å²) in [4.78, 5) is 4.79.